The molecule has 0 aliphatic rings. The van der Waals surface area contributed by atoms with E-state index < -0.39 is 0 Å². The molecule has 6 aromatic heterocycles. The van der Waals surface area contributed by atoms with E-state index in [1.807, 2.05) is 105 Å². The topological polar surface area (TPSA) is 77.3 Å². The summed E-state index contributed by atoms with van der Waals surface area (Å²) in [5.41, 5.74) is 56.3. The minimum absolute atomic E-state index is 0.00356. The lowest BCUT2D eigenvalue weighted by Gasteiger charge is -2.31. The van der Waals surface area contributed by atoms with Crippen LogP contribution < -0.4 is 32.8 Å². The van der Waals surface area contributed by atoms with Crippen molar-refractivity contribution in [2.75, 3.05) is 0 Å². The Hall–Kier alpha value is -11.8. The predicted molar refractivity (Wildman–Crippen MR) is 571 cm³/mol. The summed E-state index contributed by atoms with van der Waals surface area (Å²) in [5, 5.41) is 0. The third-order valence-electron chi connectivity index (χ3n) is 26.6. The molecule has 16 aromatic rings. The molecule has 0 bridgehead atoms. The Bertz CT molecular complexity index is 6420. The summed E-state index contributed by atoms with van der Waals surface area (Å²) in [5.74, 6) is 0.901. The molecule has 0 fully saturated rings. The maximum atomic E-state index is 4.58. The summed E-state index contributed by atoms with van der Waals surface area (Å²) in [4.78, 5) is 26.6. The number of rotatable bonds is 21. The third-order valence-corrected chi connectivity index (χ3v) is 26.6. The Morgan fingerprint density at radius 3 is 0.703 bits per heavy atom. The van der Waals surface area contributed by atoms with Crippen molar-refractivity contribution in [2.24, 2.45) is 0 Å². The van der Waals surface area contributed by atoms with Crippen LogP contribution in [0.15, 0.2) is 294 Å². The summed E-state index contributed by atoms with van der Waals surface area (Å²) in [7, 11) is 0. The van der Waals surface area contributed by atoms with Crippen molar-refractivity contribution in [3.63, 3.8) is 0 Å². The summed E-state index contributed by atoms with van der Waals surface area (Å²) in [6, 6.07) is 75.2. The molecule has 10 heteroatoms. The zero-order chi connectivity index (χ0) is 91.3. The normalized spacial score (nSPS) is 11.4. The van der Waals surface area contributed by atoms with Crippen LogP contribution in [0.5, 0.6) is 0 Å². The molecule has 0 radical (unpaired) electrons. The first-order valence-corrected chi connectivity index (χ1v) is 51.0. The molecule has 10 aromatic carbocycles. The molecule has 6 nitrogen and oxygen atoms in total. The van der Waals surface area contributed by atoms with Crippen molar-refractivity contribution in [3.8, 4) is 89.0 Å². The van der Waals surface area contributed by atoms with Gasteiger partial charge in [0.1, 0.15) is 0 Å². The molecular weight excluding hydrogens is 1780 g/mol. The highest BCUT2D eigenvalue weighted by Crippen LogP contribution is 2.40. The first-order chi connectivity index (χ1) is 61.8. The van der Waals surface area contributed by atoms with Gasteiger partial charge in [-0.3, -0.25) is 29.9 Å². The van der Waals surface area contributed by atoms with Crippen molar-refractivity contribution in [2.45, 2.75) is 163 Å². The van der Waals surface area contributed by atoms with Crippen molar-refractivity contribution < 1.29 is 0 Å². The number of hydrogen-bond acceptors (Lipinski definition) is 6. The average Bonchev–Trinajstić information content (AvgIpc) is 0.732. The molecule has 0 spiro atoms. The average molecular weight is 1900 g/mol. The van der Waals surface area contributed by atoms with Crippen LogP contribution in [0.1, 0.15) is 161 Å². The van der Waals surface area contributed by atoms with E-state index in [0.717, 1.165) is 57.3 Å². The van der Waals surface area contributed by atoms with Gasteiger partial charge >= 0.3 is 0 Å². The first-order valence-electron chi connectivity index (χ1n) is 44.7. The van der Waals surface area contributed by atoms with Gasteiger partial charge in [0, 0.05) is 134 Å². The van der Waals surface area contributed by atoms with Crippen molar-refractivity contribution in [3.05, 3.63) is 416 Å². The molecular formula is C118H118B2I2N6. The fourth-order valence-corrected chi connectivity index (χ4v) is 21.1. The van der Waals surface area contributed by atoms with Gasteiger partial charge in [-0.25, -0.2) is 0 Å². The van der Waals surface area contributed by atoms with Gasteiger partial charge < -0.3 is 0 Å². The molecule has 0 saturated heterocycles. The molecule has 16 rings (SSSR count). The fourth-order valence-electron chi connectivity index (χ4n) is 21.1. The van der Waals surface area contributed by atoms with Crippen LogP contribution in [-0.2, 0) is 0 Å². The molecule has 0 aliphatic carbocycles. The molecule has 0 amide bonds. The number of aryl methyl sites for hydroxylation is 12. The van der Waals surface area contributed by atoms with Gasteiger partial charge in [-0.1, -0.05) is 275 Å². The lowest BCUT2D eigenvalue weighted by Crippen LogP contribution is -2.58. The Kier molecular flexibility index (Phi) is 31.1. The molecule has 2 atom stereocenters. The van der Waals surface area contributed by atoms with Crippen LogP contribution >= 0.6 is 37.2 Å². The van der Waals surface area contributed by atoms with Crippen LogP contribution in [0.2, 0.25) is 0 Å². The van der Waals surface area contributed by atoms with E-state index in [1.165, 1.54) is 200 Å². The van der Waals surface area contributed by atoms with E-state index in [1.54, 1.807) is 6.20 Å². The van der Waals surface area contributed by atoms with Gasteiger partial charge in [-0.05, 0) is 341 Å². The summed E-state index contributed by atoms with van der Waals surface area (Å²) < 4.78 is 0. The highest BCUT2D eigenvalue weighted by molar-refractivity contribution is 15.0. The summed E-state index contributed by atoms with van der Waals surface area (Å²) in [6.07, 6.45) is 28.8. The van der Waals surface area contributed by atoms with Gasteiger partial charge in [0.05, 0.1) is 0 Å². The van der Waals surface area contributed by atoms with E-state index in [-0.39, 0.29) is 13.4 Å². The number of aromatic nitrogens is 6. The monoisotopic (exact) mass is 1890 g/mol. The van der Waals surface area contributed by atoms with E-state index in [2.05, 4.69) is 401 Å². The molecule has 0 saturated carbocycles. The Balaban J connectivity index is 0.000000191. The van der Waals surface area contributed by atoms with Crippen LogP contribution in [0.3, 0.4) is 0 Å². The molecule has 128 heavy (non-hydrogen) atoms. The second kappa shape index (κ2) is 42.4. The molecule has 640 valence electrons. The Morgan fingerprint density at radius 1 is 0.266 bits per heavy atom. The number of benzene rings is 10. The van der Waals surface area contributed by atoms with Crippen LogP contribution in [0.25, 0.3) is 101 Å². The predicted octanol–water partition coefficient (Wildman–Crippen LogP) is 28.1. The van der Waals surface area contributed by atoms with Crippen molar-refractivity contribution in [1.82, 2.24) is 29.9 Å². The fraction of sp³-hybridized carbons (Fsp3) is 0.203. The quantitative estimate of drug-likeness (QED) is 0.0527. The van der Waals surface area contributed by atoms with Gasteiger partial charge in [-0.2, -0.15) is 0 Å². The highest BCUT2D eigenvalue weighted by atomic mass is 128. The smallest absolute Gasteiger partial charge is 0.243 e. The second-order valence-electron chi connectivity index (χ2n) is 35.0. The zero-order valence-electron chi connectivity index (χ0n) is 78.3. The Morgan fingerprint density at radius 2 is 0.477 bits per heavy atom. The summed E-state index contributed by atoms with van der Waals surface area (Å²) >= 11 is 4.24. The van der Waals surface area contributed by atoms with Crippen LogP contribution in [-0.4, -0.2) is 43.3 Å². The summed E-state index contributed by atoms with van der Waals surface area (Å²) in [6.45, 7) is 53.8. The maximum Gasteiger partial charge on any atom is 0.243 e. The second-order valence-corrected chi connectivity index (χ2v) is 35.0. The third kappa shape index (κ3) is 20.0. The van der Waals surface area contributed by atoms with Gasteiger partial charge in [0.25, 0.3) is 0 Å². The zero-order valence-corrected chi connectivity index (χ0v) is 82.6. The highest BCUT2D eigenvalue weighted by Gasteiger charge is 2.37. The number of nitrogens with zero attached hydrogens (tertiary/aromatic N) is 6. The van der Waals surface area contributed by atoms with E-state index in [0.29, 0.717) is 11.8 Å². The van der Waals surface area contributed by atoms with Gasteiger partial charge in [0.15, 0.2) is 0 Å². The molecule has 2 unspecified atom stereocenters. The molecule has 6 heterocycles. The SMILES string of the molecule is C=Cc1ccc(-c2c(C)cc(C)c(B(c3c(C)cc(C)c(-c4cccnc4)c3C)c3c(C)cc(C)c(-c4cccnc4)c3C)c2C)cc1.C=Cc1ccc(-c2cccnc2)cc1.CCC(CC(C)c1ccc(-c2cccnc2)cc1)c1ccc(-c2c(C)cc(C)c(B(c3c(C)cc(C)c(-c4cccnc4)c3C)c3c(C)cc(C)c(-c4cccnc4)c3C)c2C)cc1.II. The minimum atomic E-state index is -0.0185. The van der Waals surface area contributed by atoms with Gasteiger partial charge in [0.2, 0.25) is 13.4 Å². The van der Waals surface area contributed by atoms with Crippen LogP contribution in [0.4, 0.5) is 0 Å². The van der Waals surface area contributed by atoms with E-state index in [9.17, 15) is 0 Å². The van der Waals surface area contributed by atoms with Crippen molar-refractivity contribution in [1.29, 1.82) is 0 Å². The van der Waals surface area contributed by atoms with E-state index in [4.69, 9.17) is 0 Å². The lowest BCUT2D eigenvalue weighted by molar-refractivity contribution is 0.544. The largest absolute Gasteiger partial charge is 0.264 e. The number of pyridine rings is 6. The standard InChI is InChI=1S/C60H62BN3.C45H45BN2.C13H11N.I2/c1-12-47(33-37(2)48-19-21-50(22-20-48)52-16-13-27-62-34-52)49-23-25-51(26-24-49)55-38(3)30-41(6)58(44(55)9)61(59-42(7)31-39(4)56(45(59)10)53-17-14-28-63-35-53)60-43(8)32-40(5)57(46(60)11)54-18-15-29-64-36-54;1-11-36-16-18-37(19-17-36)40-27(2)22-30(5)43(33(40)8)46(44-31(6)23-28(3)41(34(44)9)38-14-12-20-47-25-38)45-32(7)24-29(4)42(35(45)10)39-15-13-21-48-26-39;1-2-11-5-7-12(8-6-11)13-4-3-9-14-10-13;1-2/h13-32,34-37,47H,12,33H2,1-11H3;11-26H,1H2,2-10H3;2-10H,1H2;. The Labute approximate surface area is 787 Å². The molecule has 0 N–H and O–H groups in total. The number of hydrogen-bond donors (Lipinski definition) is 0. The van der Waals surface area contributed by atoms with Crippen LogP contribution in [0, 0.1) is 125 Å². The minimum Gasteiger partial charge on any atom is -0.264 e. The van der Waals surface area contributed by atoms with E-state index >= 15 is 0 Å². The number of halogens is 2. The first kappa shape index (κ1) is 93.8. The lowest BCUT2D eigenvalue weighted by atomic mass is 9.32. The van der Waals surface area contributed by atoms with Crippen molar-refractivity contribution >= 4 is 95.6 Å². The molecule has 0 aliphatic heterocycles. The maximum absolute atomic E-state index is 4.58. The van der Waals surface area contributed by atoms with Gasteiger partial charge in [-0.15, -0.1) is 0 Å².